The molecule has 0 aliphatic heterocycles. The summed E-state index contributed by atoms with van der Waals surface area (Å²) in [5.41, 5.74) is 0.197. The number of anilines is 3. The number of ether oxygens (including phenoxy) is 1. The van der Waals surface area contributed by atoms with Crippen molar-refractivity contribution in [3.05, 3.63) is 86.6 Å². The molecule has 1 aliphatic carbocycles. The molecule has 4 rings (SSSR count). The van der Waals surface area contributed by atoms with E-state index in [0.717, 1.165) is 11.0 Å². The number of carbonyl (C=O) groups excluding carboxylic acids is 3. The number of rotatable bonds is 6. The zero-order valence-electron chi connectivity index (χ0n) is 22.7. The molecule has 2 atom stereocenters. The lowest BCUT2D eigenvalue weighted by Gasteiger charge is -2.25. The molecule has 1 saturated carbocycles. The SMILES string of the molecule is CN(C(=O)OC(C)(C)C)c1ccc(NC(=O)c2cc(NC(=O)[C@H]3[C@H](c4cc(Cl)cc(Cl)c4)C3(Cl)Cl)ccc2Cl)cc1F. The molecule has 1 aliphatic rings. The Kier molecular flexibility index (Phi) is 9.26. The lowest BCUT2D eigenvalue weighted by Crippen LogP contribution is -2.34. The molecular formula is C29H25Cl5FN3O4. The van der Waals surface area contributed by atoms with Gasteiger partial charge >= 0.3 is 6.09 Å². The van der Waals surface area contributed by atoms with E-state index in [1.54, 1.807) is 39.0 Å². The van der Waals surface area contributed by atoms with Gasteiger partial charge in [-0.15, -0.1) is 23.2 Å². The van der Waals surface area contributed by atoms with E-state index in [1.807, 2.05) is 0 Å². The van der Waals surface area contributed by atoms with Crippen LogP contribution in [0.2, 0.25) is 15.1 Å². The molecule has 7 nitrogen and oxygen atoms in total. The number of nitrogens with zero attached hydrogens (tertiary/aromatic N) is 1. The number of nitrogens with one attached hydrogen (secondary N) is 2. The van der Waals surface area contributed by atoms with Gasteiger partial charge in [-0.2, -0.15) is 0 Å². The Hall–Kier alpha value is -2.75. The lowest BCUT2D eigenvalue weighted by molar-refractivity contribution is -0.117. The van der Waals surface area contributed by atoms with E-state index in [9.17, 15) is 18.8 Å². The molecule has 0 bridgehead atoms. The lowest BCUT2D eigenvalue weighted by atomic mass is 10.1. The third kappa shape index (κ3) is 7.24. The summed E-state index contributed by atoms with van der Waals surface area (Å²) in [6.45, 7) is 5.09. The molecule has 0 unspecified atom stereocenters. The van der Waals surface area contributed by atoms with Crippen molar-refractivity contribution in [1.82, 2.24) is 0 Å². The first-order chi connectivity index (χ1) is 19.5. The molecule has 3 aromatic rings. The fraction of sp³-hybridized carbons (Fsp3) is 0.276. The number of benzene rings is 3. The monoisotopic (exact) mass is 673 g/mol. The third-order valence-electron chi connectivity index (χ3n) is 6.29. The van der Waals surface area contributed by atoms with Gasteiger partial charge in [0.15, 0.2) is 0 Å². The molecule has 0 radical (unpaired) electrons. The topological polar surface area (TPSA) is 87.7 Å². The van der Waals surface area contributed by atoms with Crippen LogP contribution in [0, 0.1) is 11.7 Å². The Morgan fingerprint density at radius 2 is 1.50 bits per heavy atom. The van der Waals surface area contributed by atoms with Gasteiger partial charge in [-0.25, -0.2) is 9.18 Å². The molecule has 42 heavy (non-hydrogen) atoms. The molecule has 0 saturated heterocycles. The summed E-state index contributed by atoms with van der Waals surface area (Å²) in [5, 5.41) is 6.12. The number of halogens is 6. The molecule has 13 heteroatoms. The number of hydrogen-bond donors (Lipinski definition) is 2. The Balaban J connectivity index is 1.46. The standard InChI is InChI=1S/C29H25Cl5FN3O4/c1-28(2,3)42-27(41)38(4)22-8-6-18(13-21(22)35)36-25(39)19-12-17(5-7-20(19)32)37-26(40)24-23(29(24,33)34)14-9-15(30)11-16(31)10-14/h5-13,23-24H,1-4H3,(H,36,39)(H,37,40)/t23-,24+/m0/s1. The van der Waals surface area contributed by atoms with E-state index in [1.165, 1.54) is 37.4 Å². The first kappa shape index (κ1) is 32.2. The van der Waals surface area contributed by atoms with Crippen LogP contribution in [-0.2, 0) is 9.53 Å². The number of alkyl halides is 2. The Labute approximate surface area is 267 Å². The fourth-order valence-corrected chi connectivity index (χ4v) is 5.88. The van der Waals surface area contributed by atoms with Crippen LogP contribution < -0.4 is 15.5 Å². The van der Waals surface area contributed by atoms with E-state index < -0.39 is 45.5 Å². The third-order valence-corrected chi connectivity index (χ3v) is 8.00. The zero-order chi connectivity index (χ0) is 31.1. The van der Waals surface area contributed by atoms with E-state index in [0.29, 0.717) is 15.6 Å². The molecule has 3 aromatic carbocycles. The first-order valence-corrected chi connectivity index (χ1v) is 14.4. The predicted octanol–water partition coefficient (Wildman–Crippen LogP) is 8.94. The highest BCUT2D eigenvalue weighted by atomic mass is 35.5. The number of hydrogen-bond acceptors (Lipinski definition) is 4. The summed E-state index contributed by atoms with van der Waals surface area (Å²) in [7, 11) is 1.37. The molecular weight excluding hydrogens is 651 g/mol. The van der Waals surface area contributed by atoms with Crippen molar-refractivity contribution < 1.29 is 23.5 Å². The van der Waals surface area contributed by atoms with E-state index in [2.05, 4.69) is 10.6 Å². The number of amides is 3. The molecule has 0 aromatic heterocycles. The van der Waals surface area contributed by atoms with Gasteiger partial charge in [0.25, 0.3) is 5.91 Å². The Morgan fingerprint density at radius 1 is 0.905 bits per heavy atom. The molecule has 0 spiro atoms. The zero-order valence-corrected chi connectivity index (χ0v) is 26.5. The summed E-state index contributed by atoms with van der Waals surface area (Å²) in [6.07, 6.45) is -0.738. The highest BCUT2D eigenvalue weighted by molar-refractivity contribution is 6.53. The smallest absolute Gasteiger partial charge is 0.414 e. The largest absolute Gasteiger partial charge is 0.443 e. The maximum atomic E-state index is 14.9. The minimum atomic E-state index is -1.39. The number of carbonyl (C=O) groups is 3. The van der Waals surface area contributed by atoms with Crippen LogP contribution in [0.5, 0.6) is 0 Å². The summed E-state index contributed by atoms with van der Waals surface area (Å²) >= 11 is 31.3. The van der Waals surface area contributed by atoms with Gasteiger partial charge in [0, 0.05) is 34.4 Å². The van der Waals surface area contributed by atoms with Gasteiger partial charge in [0.2, 0.25) is 5.91 Å². The van der Waals surface area contributed by atoms with Crippen molar-refractivity contribution in [3.8, 4) is 0 Å². The minimum absolute atomic E-state index is 0.0156. The molecule has 2 N–H and O–H groups in total. The van der Waals surface area contributed by atoms with Gasteiger partial charge in [-0.1, -0.05) is 34.8 Å². The van der Waals surface area contributed by atoms with Crippen LogP contribution in [0.4, 0.5) is 26.2 Å². The van der Waals surface area contributed by atoms with Crippen LogP contribution in [-0.4, -0.2) is 34.9 Å². The van der Waals surface area contributed by atoms with Crippen LogP contribution >= 0.6 is 58.0 Å². The summed E-state index contributed by atoms with van der Waals surface area (Å²) in [5.74, 6) is -3.28. The Morgan fingerprint density at radius 3 is 2.10 bits per heavy atom. The van der Waals surface area contributed by atoms with Crippen LogP contribution in [0.1, 0.15) is 42.6 Å². The van der Waals surface area contributed by atoms with Crippen LogP contribution in [0.3, 0.4) is 0 Å². The second-order valence-corrected chi connectivity index (χ2v) is 13.4. The van der Waals surface area contributed by atoms with Crippen molar-refractivity contribution in [1.29, 1.82) is 0 Å². The average Bonchev–Trinajstić information content (AvgIpc) is 3.45. The van der Waals surface area contributed by atoms with E-state index in [4.69, 9.17) is 62.7 Å². The second kappa shape index (κ2) is 12.1. The van der Waals surface area contributed by atoms with Crippen molar-refractivity contribution in [2.45, 2.75) is 36.6 Å². The van der Waals surface area contributed by atoms with Gasteiger partial charge in [0.1, 0.15) is 15.8 Å². The van der Waals surface area contributed by atoms with Gasteiger partial charge < -0.3 is 15.4 Å². The predicted molar refractivity (Wildman–Crippen MR) is 166 cm³/mol. The van der Waals surface area contributed by atoms with Crippen LogP contribution in [0.15, 0.2) is 54.6 Å². The van der Waals surface area contributed by atoms with Gasteiger partial charge in [-0.05, 0) is 80.9 Å². The van der Waals surface area contributed by atoms with E-state index >= 15 is 0 Å². The minimum Gasteiger partial charge on any atom is -0.443 e. The van der Waals surface area contributed by atoms with Crippen molar-refractivity contribution >= 4 is 93.0 Å². The normalized spacial score (nSPS) is 17.3. The molecule has 0 heterocycles. The van der Waals surface area contributed by atoms with Crippen molar-refractivity contribution in [2.24, 2.45) is 5.92 Å². The van der Waals surface area contributed by atoms with Crippen LogP contribution in [0.25, 0.3) is 0 Å². The Bertz CT molecular complexity index is 1560. The molecule has 1 fully saturated rings. The molecule has 222 valence electrons. The quantitative estimate of drug-likeness (QED) is 0.256. The van der Waals surface area contributed by atoms with Gasteiger partial charge in [0.05, 0.1) is 22.2 Å². The highest BCUT2D eigenvalue weighted by Crippen LogP contribution is 2.65. The second-order valence-electron chi connectivity index (χ2n) is 10.7. The van der Waals surface area contributed by atoms with Crippen molar-refractivity contribution in [3.63, 3.8) is 0 Å². The molecule has 3 amide bonds. The fourth-order valence-electron chi connectivity index (χ4n) is 4.30. The van der Waals surface area contributed by atoms with E-state index in [-0.39, 0.29) is 27.6 Å². The first-order valence-electron chi connectivity index (χ1n) is 12.5. The summed E-state index contributed by atoms with van der Waals surface area (Å²) in [6, 6.07) is 13.0. The summed E-state index contributed by atoms with van der Waals surface area (Å²) in [4.78, 5) is 39.5. The average molecular weight is 676 g/mol. The maximum Gasteiger partial charge on any atom is 0.414 e. The highest BCUT2D eigenvalue weighted by Gasteiger charge is 2.67. The van der Waals surface area contributed by atoms with Crippen molar-refractivity contribution in [2.75, 3.05) is 22.6 Å². The summed E-state index contributed by atoms with van der Waals surface area (Å²) < 4.78 is 18.7. The maximum absolute atomic E-state index is 14.9. The van der Waals surface area contributed by atoms with Gasteiger partial charge in [-0.3, -0.25) is 14.5 Å².